The molecule has 0 fully saturated rings. The quantitative estimate of drug-likeness (QED) is 0.200. The number of nitrogens with zero attached hydrogens (tertiary/aromatic N) is 8. The molecule has 0 saturated heterocycles. The number of hydrogen-bond donors (Lipinski definition) is 0. The highest BCUT2D eigenvalue weighted by Crippen LogP contribution is 2.40. The van der Waals surface area contributed by atoms with E-state index in [1.54, 1.807) is 4.57 Å². The maximum atomic E-state index is 9.82. The first-order valence-corrected chi connectivity index (χ1v) is 13.6. The van der Waals surface area contributed by atoms with Crippen LogP contribution in [-0.2, 0) is 6.54 Å². The summed E-state index contributed by atoms with van der Waals surface area (Å²) >= 11 is 1.46. The van der Waals surface area contributed by atoms with Gasteiger partial charge in [0.2, 0.25) is 0 Å². The van der Waals surface area contributed by atoms with E-state index in [-0.39, 0.29) is 17.3 Å². The second-order valence-corrected chi connectivity index (χ2v) is 9.81. The van der Waals surface area contributed by atoms with Crippen LogP contribution in [0.3, 0.4) is 0 Å². The minimum atomic E-state index is 0.0362. The zero-order valence-corrected chi connectivity index (χ0v) is 22.9. The number of thiazole rings is 1. The Morgan fingerprint density at radius 3 is 2.26 bits per heavy atom. The fraction of sp³-hybridized carbons (Fsp3) is 0.310. The van der Waals surface area contributed by atoms with Gasteiger partial charge in [0, 0.05) is 18.7 Å². The Morgan fingerprint density at radius 1 is 0.947 bits per heavy atom. The van der Waals surface area contributed by atoms with Crippen molar-refractivity contribution in [3.8, 4) is 23.4 Å². The normalized spacial score (nSPS) is 11.8. The van der Waals surface area contributed by atoms with Crippen LogP contribution < -0.4 is 4.90 Å². The monoisotopic (exact) mass is 522 g/mol. The summed E-state index contributed by atoms with van der Waals surface area (Å²) in [7, 11) is 0. The fourth-order valence-electron chi connectivity index (χ4n) is 4.10. The van der Waals surface area contributed by atoms with Crippen LogP contribution in [0.5, 0.6) is 0 Å². The van der Waals surface area contributed by atoms with Crippen LogP contribution in [0.1, 0.15) is 62.5 Å². The third kappa shape index (κ3) is 5.64. The van der Waals surface area contributed by atoms with Crippen molar-refractivity contribution < 1.29 is 0 Å². The maximum Gasteiger partial charge on any atom is 0.252 e. The van der Waals surface area contributed by atoms with Gasteiger partial charge in [-0.2, -0.15) is 15.5 Å². The van der Waals surface area contributed by atoms with Gasteiger partial charge in [-0.1, -0.05) is 79.8 Å². The van der Waals surface area contributed by atoms with Crippen molar-refractivity contribution in [2.45, 2.75) is 46.6 Å². The summed E-state index contributed by atoms with van der Waals surface area (Å²) in [4.78, 5) is 11.4. The van der Waals surface area contributed by atoms with E-state index in [1.807, 2.05) is 48.5 Å². The molecule has 0 N–H and O–H groups in total. The molecule has 1 atom stereocenters. The van der Waals surface area contributed by atoms with Crippen LogP contribution in [0, 0.1) is 22.7 Å². The molecule has 8 nitrogen and oxygen atoms in total. The first-order chi connectivity index (χ1) is 18.5. The summed E-state index contributed by atoms with van der Waals surface area (Å²) in [6.07, 6.45) is 1.06. The highest BCUT2D eigenvalue weighted by Gasteiger charge is 2.20. The lowest BCUT2D eigenvalue weighted by atomic mass is 9.98. The lowest BCUT2D eigenvalue weighted by Gasteiger charge is -2.16. The molecule has 0 amide bonds. The van der Waals surface area contributed by atoms with Crippen LogP contribution >= 0.6 is 11.3 Å². The van der Waals surface area contributed by atoms with Gasteiger partial charge in [0.1, 0.15) is 17.8 Å². The van der Waals surface area contributed by atoms with Gasteiger partial charge in [0.15, 0.2) is 21.5 Å². The van der Waals surface area contributed by atoms with Crippen LogP contribution in [0.2, 0.25) is 0 Å². The van der Waals surface area contributed by atoms with E-state index in [2.05, 4.69) is 66.0 Å². The summed E-state index contributed by atoms with van der Waals surface area (Å²) < 4.78 is 1.65. The second kappa shape index (κ2) is 12.3. The Balaban J connectivity index is 1.74. The van der Waals surface area contributed by atoms with Crippen LogP contribution in [0.4, 0.5) is 16.1 Å². The van der Waals surface area contributed by atoms with Crippen molar-refractivity contribution in [2.24, 2.45) is 10.2 Å². The number of nitriles is 2. The Kier molecular flexibility index (Phi) is 8.62. The van der Waals surface area contributed by atoms with Crippen molar-refractivity contribution >= 4 is 27.4 Å². The maximum absolute atomic E-state index is 9.82. The topological polar surface area (TPSA) is 106 Å². The Hall–Kier alpha value is -4.34. The van der Waals surface area contributed by atoms with E-state index >= 15 is 0 Å². The van der Waals surface area contributed by atoms with Gasteiger partial charge in [-0.3, -0.25) is 4.57 Å². The minimum Gasteiger partial charge on any atom is -0.349 e. The third-order valence-corrected chi connectivity index (χ3v) is 7.57. The molecule has 2 heterocycles. The summed E-state index contributed by atoms with van der Waals surface area (Å²) in [5.41, 5.74) is 4.14. The van der Waals surface area contributed by atoms with Crippen molar-refractivity contribution in [1.29, 1.82) is 10.5 Å². The lowest BCUT2D eigenvalue weighted by Crippen LogP contribution is -2.21. The third-order valence-electron chi connectivity index (χ3n) is 6.57. The van der Waals surface area contributed by atoms with Gasteiger partial charge in [0.25, 0.3) is 5.95 Å². The largest absolute Gasteiger partial charge is 0.349 e. The van der Waals surface area contributed by atoms with E-state index in [4.69, 9.17) is 4.98 Å². The minimum absolute atomic E-state index is 0.0362. The van der Waals surface area contributed by atoms with Gasteiger partial charge < -0.3 is 4.90 Å². The number of aromatic nitrogens is 3. The summed E-state index contributed by atoms with van der Waals surface area (Å²) in [6, 6.07) is 22.3. The molecule has 0 aliphatic heterocycles. The molecule has 0 aliphatic rings. The molecule has 38 heavy (non-hydrogen) atoms. The van der Waals surface area contributed by atoms with Crippen molar-refractivity contribution in [1.82, 2.24) is 14.5 Å². The van der Waals surface area contributed by atoms with E-state index in [0.29, 0.717) is 17.5 Å². The van der Waals surface area contributed by atoms with Crippen LogP contribution in [0.25, 0.3) is 11.3 Å². The SMILES string of the molecule is CCC(C)c1ccc(Cn2c(N=Nc3sc(N(CC)CC)nc3-c3ccccc3)nc(C#N)c2C#N)cc1. The molecule has 4 aromatic rings. The zero-order chi connectivity index (χ0) is 27.1. The summed E-state index contributed by atoms with van der Waals surface area (Å²) in [5.74, 6) is 0.682. The molecular weight excluding hydrogens is 492 g/mol. The Morgan fingerprint density at radius 2 is 1.66 bits per heavy atom. The van der Waals surface area contributed by atoms with E-state index < -0.39 is 0 Å². The first-order valence-electron chi connectivity index (χ1n) is 12.7. The Bertz CT molecular complexity index is 1480. The van der Waals surface area contributed by atoms with Crippen LogP contribution in [-0.4, -0.2) is 27.6 Å². The lowest BCUT2D eigenvalue weighted by molar-refractivity contribution is 0.730. The standard InChI is InChI=1S/C29H30N8S/c1-5-20(4)22-15-13-21(14-16-22)19-37-25(18-31)24(17-30)32-28(37)35-34-27-26(23-11-9-8-10-12-23)33-29(38-27)36(6-2)7-3/h8-16,20H,5-7,19H2,1-4H3. The van der Waals surface area contributed by atoms with Gasteiger partial charge in [-0.05, 0) is 37.3 Å². The van der Waals surface area contributed by atoms with E-state index in [9.17, 15) is 10.5 Å². The highest BCUT2D eigenvalue weighted by molar-refractivity contribution is 7.19. The molecular formula is C29H30N8S. The van der Waals surface area contributed by atoms with Crippen LogP contribution in [0.15, 0.2) is 64.8 Å². The fourth-order valence-corrected chi connectivity index (χ4v) is 5.14. The molecule has 192 valence electrons. The molecule has 0 spiro atoms. The highest BCUT2D eigenvalue weighted by atomic mass is 32.1. The first kappa shape index (κ1) is 26.7. The molecule has 1 unspecified atom stereocenters. The zero-order valence-electron chi connectivity index (χ0n) is 22.1. The van der Waals surface area contributed by atoms with Crippen molar-refractivity contribution in [3.05, 3.63) is 77.1 Å². The molecule has 2 aromatic heterocycles. The molecule has 0 bridgehead atoms. The average molecular weight is 523 g/mol. The number of hydrogen-bond acceptors (Lipinski definition) is 8. The second-order valence-electron chi connectivity index (χ2n) is 8.86. The number of benzene rings is 2. The number of azo groups is 1. The van der Waals surface area contributed by atoms with Crippen molar-refractivity contribution in [3.63, 3.8) is 0 Å². The predicted octanol–water partition coefficient (Wildman–Crippen LogP) is 7.57. The van der Waals surface area contributed by atoms with Gasteiger partial charge in [-0.15, -0.1) is 10.2 Å². The van der Waals surface area contributed by atoms with Gasteiger partial charge in [0.05, 0.1) is 6.54 Å². The predicted molar refractivity (Wildman–Crippen MR) is 151 cm³/mol. The molecule has 4 rings (SSSR count). The summed E-state index contributed by atoms with van der Waals surface area (Å²) in [6.45, 7) is 10.6. The number of rotatable bonds is 10. The Labute approximate surface area is 227 Å². The van der Waals surface area contributed by atoms with E-state index in [0.717, 1.165) is 41.5 Å². The molecule has 0 saturated carbocycles. The molecule has 9 heteroatoms. The number of anilines is 1. The smallest absolute Gasteiger partial charge is 0.252 e. The molecule has 0 aliphatic carbocycles. The molecule has 0 radical (unpaired) electrons. The van der Waals surface area contributed by atoms with Gasteiger partial charge in [-0.25, -0.2) is 4.98 Å². The van der Waals surface area contributed by atoms with Crippen molar-refractivity contribution in [2.75, 3.05) is 18.0 Å². The number of imidazole rings is 1. The van der Waals surface area contributed by atoms with E-state index in [1.165, 1.54) is 16.9 Å². The van der Waals surface area contributed by atoms with Gasteiger partial charge >= 0.3 is 0 Å². The summed E-state index contributed by atoms with van der Waals surface area (Å²) in [5, 5.41) is 29.9. The molecule has 2 aromatic carbocycles. The average Bonchev–Trinajstić information content (AvgIpc) is 3.53.